The van der Waals surface area contributed by atoms with Crippen molar-refractivity contribution in [2.45, 2.75) is 20.3 Å². The van der Waals surface area contributed by atoms with E-state index in [9.17, 15) is 0 Å². The minimum atomic E-state index is 0.679. The predicted octanol–water partition coefficient (Wildman–Crippen LogP) is 1.26. The van der Waals surface area contributed by atoms with Gasteiger partial charge in [-0.25, -0.2) is 0 Å². The van der Waals surface area contributed by atoms with Crippen LogP contribution in [-0.2, 0) is 4.84 Å². The van der Waals surface area contributed by atoms with Gasteiger partial charge in [-0.05, 0) is 13.3 Å². The molecule has 0 aromatic carbocycles. The number of hydrogen-bond donors (Lipinski definition) is 1. The van der Waals surface area contributed by atoms with Gasteiger partial charge in [0.2, 0.25) is 0 Å². The summed E-state index contributed by atoms with van der Waals surface area (Å²) in [5, 5.41) is 0. The molecule has 0 radical (unpaired) electrons. The van der Waals surface area contributed by atoms with Gasteiger partial charge in [0.15, 0.2) is 0 Å². The maximum absolute atomic E-state index is 4.85. The van der Waals surface area contributed by atoms with Crippen LogP contribution in [0.25, 0.3) is 0 Å². The minimum Gasteiger partial charge on any atom is -0.276 e. The van der Waals surface area contributed by atoms with E-state index in [1.807, 2.05) is 6.92 Å². The molecule has 0 fully saturated rings. The van der Waals surface area contributed by atoms with Crippen LogP contribution in [0.2, 0.25) is 0 Å². The van der Waals surface area contributed by atoms with E-state index in [1.54, 1.807) is 6.92 Å². The second kappa shape index (κ2) is 5.00. The largest absolute Gasteiger partial charge is 0.276 e. The zero-order valence-corrected chi connectivity index (χ0v) is 6.05. The molecular weight excluding hydrogens is 122 g/mol. The third kappa shape index (κ3) is 5.85. The van der Waals surface area contributed by atoms with Gasteiger partial charge in [-0.2, -0.15) is 0 Å². The first-order chi connectivity index (χ1) is 3.77. The van der Waals surface area contributed by atoms with Crippen molar-refractivity contribution >= 4 is 17.2 Å². The van der Waals surface area contributed by atoms with E-state index < -0.39 is 0 Å². The monoisotopic (exact) mass is 133 g/mol. The van der Waals surface area contributed by atoms with Gasteiger partial charge in [0.05, 0.1) is 11.6 Å². The highest BCUT2D eigenvalue weighted by atomic mass is 32.1. The van der Waals surface area contributed by atoms with Crippen molar-refractivity contribution in [3.8, 4) is 0 Å². The molecule has 0 atom stereocenters. The van der Waals surface area contributed by atoms with Crippen molar-refractivity contribution in [3.63, 3.8) is 0 Å². The summed E-state index contributed by atoms with van der Waals surface area (Å²) in [6.45, 7) is 4.54. The van der Waals surface area contributed by atoms with E-state index in [-0.39, 0.29) is 0 Å². The van der Waals surface area contributed by atoms with Gasteiger partial charge in [-0.3, -0.25) is 10.3 Å². The van der Waals surface area contributed by atoms with E-state index in [0.29, 0.717) is 11.6 Å². The van der Waals surface area contributed by atoms with Gasteiger partial charge in [0.25, 0.3) is 0 Å². The van der Waals surface area contributed by atoms with Crippen LogP contribution in [-0.4, -0.2) is 11.6 Å². The van der Waals surface area contributed by atoms with E-state index in [2.05, 4.69) is 17.7 Å². The molecule has 0 aromatic rings. The smallest absolute Gasteiger partial charge is 0.0973 e. The summed E-state index contributed by atoms with van der Waals surface area (Å²) in [5.74, 6) is 0. The predicted molar refractivity (Wildman–Crippen MR) is 37.7 cm³/mol. The summed E-state index contributed by atoms with van der Waals surface area (Å²) in [7, 11) is 0. The van der Waals surface area contributed by atoms with Crippen LogP contribution in [0.5, 0.6) is 0 Å². The lowest BCUT2D eigenvalue weighted by molar-refractivity contribution is 0.0869. The zero-order chi connectivity index (χ0) is 6.41. The van der Waals surface area contributed by atoms with Gasteiger partial charge >= 0.3 is 0 Å². The quantitative estimate of drug-likeness (QED) is 0.356. The molecule has 0 aliphatic heterocycles. The van der Waals surface area contributed by atoms with E-state index in [0.717, 1.165) is 6.42 Å². The summed E-state index contributed by atoms with van der Waals surface area (Å²) >= 11 is 4.67. The van der Waals surface area contributed by atoms with Crippen molar-refractivity contribution in [2.24, 2.45) is 0 Å². The van der Waals surface area contributed by atoms with Crippen LogP contribution in [0.3, 0.4) is 0 Å². The van der Waals surface area contributed by atoms with Crippen molar-refractivity contribution in [1.82, 2.24) is 5.48 Å². The fourth-order valence-corrected chi connectivity index (χ4v) is 0.314. The SMILES string of the molecule is CCCONC(C)=S. The molecule has 0 rings (SSSR count). The highest BCUT2D eigenvalue weighted by Crippen LogP contribution is 1.75. The Morgan fingerprint density at radius 1 is 1.75 bits per heavy atom. The Hall–Kier alpha value is -0.150. The molecule has 0 bridgehead atoms. The minimum absolute atomic E-state index is 0.679. The summed E-state index contributed by atoms with van der Waals surface area (Å²) in [5.41, 5.74) is 2.58. The molecule has 2 nitrogen and oxygen atoms in total. The summed E-state index contributed by atoms with van der Waals surface area (Å²) in [4.78, 5) is 5.53. The molecule has 1 N–H and O–H groups in total. The average molecular weight is 133 g/mol. The normalized spacial score (nSPS) is 8.75. The molecule has 48 valence electrons. The third-order valence-electron chi connectivity index (χ3n) is 0.522. The first kappa shape index (κ1) is 7.85. The highest BCUT2D eigenvalue weighted by molar-refractivity contribution is 7.80. The Bertz CT molecular complexity index is 74.8. The number of rotatable bonds is 3. The van der Waals surface area contributed by atoms with Crippen LogP contribution in [0.15, 0.2) is 0 Å². The molecule has 0 heterocycles. The van der Waals surface area contributed by atoms with E-state index in [1.165, 1.54) is 0 Å². The number of hydrogen-bond acceptors (Lipinski definition) is 2. The van der Waals surface area contributed by atoms with Crippen LogP contribution in [0, 0.1) is 0 Å². The fourth-order valence-electron chi connectivity index (χ4n) is 0.255. The lowest BCUT2D eigenvalue weighted by Crippen LogP contribution is -2.18. The Labute approximate surface area is 55.2 Å². The third-order valence-corrected chi connectivity index (χ3v) is 0.605. The Balaban J connectivity index is 2.82. The second-order valence-electron chi connectivity index (χ2n) is 1.51. The number of nitrogens with one attached hydrogen (secondary N) is 1. The van der Waals surface area contributed by atoms with Crippen molar-refractivity contribution in [1.29, 1.82) is 0 Å². The lowest BCUT2D eigenvalue weighted by atomic mass is 10.5. The molecule has 0 unspecified atom stereocenters. The molecule has 0 saturated carbocycles. The van der Waals surface area contributed by atoms with Gasteiger partial charge < -0.3 is 0 Å². The van der Waals surface area contributed by atoms with Gasteiger partial charge in [-0.15, -0.1) is 0 Å². The zero-order valence-electron chi connectivity index (χ0n) is 5.23. The van der Waals surface area contributed by atoms with E-state index in [4.69, 9.17) is 4.84 Å². The lowest BCUT2D eigenvalue weighted by Gasteiger charge is -2.00. The number of thiocarbonyl (C=S) groups is 1. The van der Waals surface area contributed by atoms with Gasteiger partial charge in [0.1, 0.15) is 0 Å². The molecule has 3 heteroatoms. The first-order valence-electron chi connectivity index (χ1n) is 2.65. The van der Waals surface area contributed by atoms with Gasteiger partial charge in [0, 0.05) is 0 Å². The molecule has 0 spiro atoms. The standard InChI is InChI=1S/C5H11NOS/c1-3-4-7-6-5(2)8/h3-4H2,1-2H3,(H,6,8). The molecule has 0 amide bonds. The first-order valence-corrected chi connectivity index (χ1v) is 3.06. The van der Waals surface area contributed by atoms with E-state index >= 15 is 0 Å². The van der Waals surface area contributed by atoms with Crippen molar-refractivity contribution < 1.29 is 4.84 Å². The fraction of sp³-hybridized carbons (Fsp3) is 0.800. The van der Waals surface area contributed by atoms with Crippen LogP contribution in [0.1, 0.15) is 20.3 Å². The van der Waals surface area contributed by atoms with Crippen LogP contribution < -0.4 is 5.48 Å². The molecular formula is C5H11NOS. The molecule has 0 aromatic heterocycles. The summed E-state index contributed by atoms with van der Waals surface area (Å²) in [6.07, 6.45) is 1.01. The summed E-state index contributed by atoms with van der Waals surface area (Å²) in [6, 6.07) is 0. The Morgan fingerprint density at radius 3 is 2.75 bits per heavy atom. The van der Waals surface area contributed by atoms with Crippen LogP contribution >= 0.6 is 12.2 Å². The Morgan fingerprint density at radius 2 is 2.38 bits per heavy atom. The molecule has 0 aliphatic carbocycles. The topological polar surface area (TPSA) is 21.3 Å². The maximum Gasteiger partial charge on any atom is 0.0973 e. The van der Waals surface area contributed by atoms with Crippen LogP contribution in [0.4, 0.5) is 0 Å². The highest BCUT2D eigenvalue weighted by Gasteiger charge is 1.81. The summed E-state index contributed by atoms with van der Waals surface area (Å²) < 4.78 is 0. The van der Waals surface area contributed by atoms with Crippen molar-refractivity contribution in [2.75, 3.05) is 6.61 Å². The van der Waals surface area contributed by atoms with Crippen molar-refractivity contribution in [3.05, 3.63) is 0 Å². The second-order valence-corrected chi connectivity index (χ2v) is 2.12. The average Bonchev–Trinajstić information content (AvgIpc) is 1.66. The number of hydroxylamine groups is 1. The van der Waals surface area contributed by atoms with Gasteiger partial charge in [-0.1, -0.05) is 19.1 Å². The maximum atomic E-state index is 4.85. The molecule has 0 aliphatic rings. The molecule has 8 heavy (non-hydrogen) atoms. The molecule has 0 saturated heterocycles. The Kier molecular flexibility index (Phi) is 4.90.